The van der Waals surface area contributed by atoms with Crippen molar-refractivity contribution in [2.24, 2.45) is 4.99 Å². The van der Waals surface area contributed by atoms with Crippen LogP contribution in [0.3, 0.4) is 0 Å². The van der Waals surface area contributed by atoms with Crippen LogP contribution >= 0.6 is 0 Å². The smallest absolute Gasteiger partial charge is 0.193 e. The Labute approximate surface area is 160 Å². The van der Waals surface area contributed by atoms with Crippen molar-refractivity contribution in [2.45, 2.75) is 33.2 Å². The fourth-order valence-electron chi connectivity index (χ4n) is 3.22. The number of piperazine rings is 1. The van der Waals surface area contributed by atoms with E-state index >= 15 is 0 Å². The Morgan fingerprint density at radius 3 is 2.46 bits per heavy atom. The van der Waals surface area contributed by atoms with E-state index in [0.717, 1.165) is 32.0 Å². The summed E-state index contributed by atoms with van der Waals surface area (Å²) in [6.45, 7) is 13.0. The molecule has 0 unspecified atom stereocenters. The third kappa shape index (κ3) is 7.34. The lowest BCUT2D eigenvalue weighted by atomic mass is 10.1. The standard InChI is InChI=1S/C21H37N5/c1-5-22-21(25(4)18-20-10-8-19(2)9-11-20)23-12-6-7-13-26-16-14-24(3)15-17-26/h8-11H,5-7,12-18H2,1-4H3,(H,22,23). The lowest BCUT2D eigenvalue weighted by Gasteiger charge is -2.32. The van der Waals surface area contributed by atoms with E-state index in [2.05, 4.69) is 72.2 Å². The van der Waals surface area contributed by atoms with Crippen molar-refractivity contribution in [2.75, 3.05) is 59.9 Å². The van der Waals surface area contributed by atoms with Crippen LogP contribution in [-0.2, 0) is 6.54 Å². The molecule has 26 heavy (non-hydrogen) atoms. The number of nitrogens with zero attached hydrogens (tertiary/aromatic N) is 4. The Balaban J connectivity index is 1.73. The van der Waals surface area contributed by atoms with Crippen molar-refractivity contribution in [1.82, 2.24) is 20.0 Å². The van der Waals surface area contributed by atoms with Crippen LogP contribution in [0.25, 0.3) is 0 Å². The highest BCUT2D eigenvalue weighted by Crippen LogP contribution is 2.06. The number of aryl methyl sites for hydroxylation is 1. The zero-order valence-electron chi connectivity index (χ0n) is 17.2. The van der Waals surface area contributed by atoms with Gasteiger partial charge < -0.3 is 20.0 Å². The lowest BCUT2D eigenvalue weighted by Crippen LogP contribution is -2.44. The lowest BCUT2D eigenvalue weighted by molar-refractivity contribution is 0.152. The molecular formula is C21H37N5. The molecule has 0 spiro atoms. The first kappa shape index (κ1) is 20.7. The van der Waals surface area contributed by atoms with Crippen molar-refractivity contribution >= 4 is 5.96 Å². The van der Waals surface area contributed by atoms with E-state index in [1.807, 2.05) is 0 Å². The van der Waals surface area contributed by atoms with E-state index < -0.39 is 0 Å². The van der Waals surface area contributed by atoms with Crippen LogP contribution in [0.4, 0.5) is 0 Å². The molecule has 1 aromatic carbocycles. The monoisotopic (exact) mass is 359 g/mol. The van der Waals surface area contributed by atoms with Gasteiger partial charge in [0.25, 0.3) is 0 Å². The molecule has 1 aliphatic rings. The number of aliphatic imine (C=N–C) groups is 1. The number of nitrogens with one attached hydrogen (secondary N) is 1. The topological polar surface area (TPSA) is 34.1 Å². The summed E-state index contributed by atoms with van der Waals surface area (Å²) < 4.78 is 0. The summed E-state index contributed by atoms with van der Waals surface area (Å²) in [4.78, 5) is 12.0. The summed E-state index contributed by atoms with van der Waals surface area (Å²) in [5, 5.41) is 3.42. The molecule has 5 nitrogen and oxygen atoms in total. The summed E-state index contributed by atoms with van der Waals surface area (Å²) >= 11 is 0. The highest BCUT2D eigenvalue weighted by molar-refractivity contribution is 5.79. The highest BCUT2D eigenvalue weighted by atomic mass is 15.3. The summed E-state index contributed by atoms with van der Waals surface area (Å²) in [5.41, 5.74) is 2.62. The van der Waals surface area contributed by atoms with Gasteiger partial charge in [-0.25, -0.2) is 0 Å². The third-order valence-electron chi connectivity index (χ3n) is 4.98. The zero-order valence-corrected chi connectivity index (χ0v) is 17.2. The van der Waals surface area contributed by atoms with E-state index in [1.165, 1.54) is 50.3 Å². The van der Waals surface area contributed by atoms with Crippen LogP contribution in [0.1, 0.15) is 30.9 Å². The Kier molecular flexibility index (Phi) is 8.92. The fraction of sp³-hybridized carbons (Fsp3) is 0.667. The van der Waals surface area contributed by atoms with Crippen molar-refractivity contribution in [3.8, 4) is 0 Å². The number of unbranched alkanes of at least 4 members (excludes halogenated alkanes) is 1. The molecule has 0 aliphatic carbocycles. The third-order valence-corrected chi connectivity index (χ3v) is 4.98. The Hall–Kier alpha value is -1.59. The Morgan fingerprint density at radius 2 is 1.81 bits per heavy atom. The number of guanidine groups is 1. The van der Waals surface area contributed by atoms with Gasteiger partial charge >= 0.3 is 0 Å². The van der Waals surface area contributed by atoms with Gasteiger partial charge in [-0.3, -0.25) is 4.99 Å². The number of benzene rings is 1. The number of likely N-dealkylation sites (N-methyl/N-ethyl adjacent to an activating group) is 1. The minimum Gasteiger partial charge on any atom is -0.357 e. The molecule has 1 heterocycles. The normalized spacial score (nSPS) is 16.7. The molecule has 0 saturated carbocycles. The molecule has 146 valence electrons. The number of hydrogen-bond donors (Lipinski definition) is 1. The molecule has 1 N–H and O–H groups in total. The van der Waals surface area contributed by atoms with Crippen LogP contribution in [0.2, 0.25) is 0 Å². The van der Waals surface area contributed by atoms with Crippen LogP contribution in [0.15, 0.2) is 29.3 Å². The van der Waals surface area contributed by atoms with Crippen LogP contribution in [0, 0.1) is 6.92 Å². The van der Waals surface area contributed by atoms with Gasteiger partial charge in [-0.2, -0.15) is 0 Å². The van der Waals surface area contributed by atoms with Gasteiger partial charge in [-0.1, -0.05) is 29.8 Å². The average Bonchev–Trinajstić information content (AvgIpc) is 2.64. The summed E-state index contributed by atoms with van der Waals surface area (Å²) in [6.07, 6.45) is 2.38. The molecule has 2 rings (SSSR count). The summed E-state index contributed by atoms with van der Waals surface area (Å²) in [7, 11) is 4.33. The zero-order chi connectivity index (χ0) is 18.8. The van der Waals surface area contributed by atoms with Crippen molar-refractivity contribution in [3.05, 3.63) is 35.4 Å². The molecule has 0 radical (unpaired) electrons. The molecule has 0 aromatic heterocycles. The van der Waals surface area contributed by atoms with Gasteiger partial charge in [0.15, 0.2) is 5.96 Å². The molecule has 1 fully saturated rings. The van der Waals surface area contributed by atoms with E-state index in [9.17, 15) is 0 Å². The molecule has 0 amide bonds. The second kappa shape index (κ2) is 11.2. The second-order valence-electron chi connectivity index (χ2n) is 7.43. The van der Waals surface area contributed by atoms with Gasteiger partial charge in [0.2, 0.25) is 0 Å². The van der Waals surface area contributed by atoms with Gasteiger partial charge in [0.1, 0.15) is 0 Å². The Morgan fingerprint density at radius 1 is 1.12 bits per heavy atom. The summed E-state index contributed by atoms with van der Waals surface area (Å²) in [6, 6.07) is 8.74. The maximum absolute atomic E-state index is 4.83. The molecule has 1 aliphatic heterocycles. The maximum Gasteiger partial charge on any atom is 0.193 e. The highest BCUT2D eigenvalue weighted by Gasteiger charge is 2.12. The molecule has 5 heteroatoms. The molecule has 0 atom stereocenters. The quantitative estimate of drug-likeness (QED) is 0.439. The summed E-state index contributed by atoms with van der Waals surface area (Å²) in [5.74, 6) is 1.01. The van der Waals surface area contributed by atoms with E-state index in [-0.39, 0.29) is 0 Å². The van der Waals surface area contributed by atoms with Crippen LogP contribution < -0.4 is 5.32 Å². The molecule has 1 aromatic rings. The fourth-order valence-corrected chi connectivity index (χ4v) is 3.22. The maximum atomic E-state index is 4.83. The predicted octanol–water partition coefficient (Wildman–Crippen LogP) is 2.42. The van der Waals surface area contributed by atoms with E-state index in [0.29, 0.717) is 0 Å². The second-order valence-corrected chi connectivity index (χ2v) is 7.43. The average molecular weight is 360 g/mol. The van der Waals surface area contributed by atoms with Gasteiger partial charge in [0.05, 0.1) is 0 Å². The van der Waals surface area contributed by atoms with Gasteiger partial charge in [0, 0.05) is 52.9 Å². The van der Waals surface area contributed by atoms with Crippen molar-refractivity contribution < 1.29 is 0 Å². The minimum absolute atomic E-state index is 0.882. The molecule has 1 saturated heterocycles. The minimum atomic E-state index is 0.882. The van der Waals surface area contributed by atoms with Gasteiger partial charge in [-0.05, 0) is 45.8 Å². The van der Waals surface area contributed by atoms with E-state index in [4.69, 9.17) is 4.99 Å². The molecular weight excluding hydrogens is 322 g/mol. The van der Waals surface area contributed by atoms with Gasteiger partial charge in [-0.15, -0.1) is 0 Å². The van der Waals surface area contributed by atoms with Crippen molar-refractivity contribution in [1.29, 1.82) is 0 Å². The first-order valence-electron chi connectivity index (χ1n) is 10.0. The number of rotatable bonds is 8. The first-order chi connectivity index (χ1) is 12.6. The van der Waals surface area contributed by atoms with Crippen molar-refractivity contribution in [3.63, 3.8) is 0 Å². The molecule has 0 bridgehead atoms. The SMILES string of the molecule is CCNC(=NCCCCN1CCN(C)CC1)N(C)Cc1ccc(C)cc1. The predicted molar refractivity (Wildman–Crippen MR) is 112 cm³/mol. The largest absolute Gasteiger partial charge is 0.357 e. The first-order valence-corrected chi connectivity index (χ1v) is 10.0. The van der Waals surface area contributed by atoms with Crippen LogP contribution in [-0.4, -0.2) is 80.6 Å². The van der Waals surface area contributed by atoms with E-state index in [1.54, 1.807) is 0 Å². The number of hydrogen-bond acceptors (Lipinski definition) is 3. The van der Waals surface area contributed by atoms with Crippen LogP contribution in [0.5, 0.6) is 0 Å². The Bertz CT molecular complexity index is 532.